The van der Waals surface area contributed by atoms with E-state index in [1.807, 2.05) is 0 Å². The highest BCUT2D eigenvalue weighted by molar-refractivity contribution is 5.76. The molecule has 1 saturated carbocycles. The molecule has 0 bridgehead atoms. The maximum atomic E-state index is 11.4. The third kappa shape index (κ3) is 4.66. The van der Waals surface area contributed by atoms with Crippen LogP contribution in [0.3, 0.4) is 0 Å². The van der Waals surface area contributed by atoms with Gasteiger partial charge in [-0.25, -0.2) is 0 Å². The van der Waals surface area contributed by atoms with Crippen molar-refractivity contribution in [3.05, 3.63) is 0 Å². The van der Waals surface area contributed by atoms with Gasteiger partial charge in [0.05, 0.1) is 0 Å². The van der Waals surface area contributed by atoms with Gasteiger partial charge in [0, 0.05) is 19.0 Å². The van der Waals surface area contributed by atoms with Crippen molar-refractivity contribution in [3.63, 3.8) is 0 Å². The zero-order valence-corrected chi connectivity index (χ0v) is 10.8. The normalized spacial score (nSPS) is 27.5. The Morgan fingerprint density at radius 2 is 1.94 bits per heavy atom. The molecule has 1 amide bonds. The summed E-state index contributed by atoms with van der Waals surface area (Å²) in [5.41, 5.74) is 0. The van der Waals surface area contributed by atoms with Gasteiger partial charge < -0.3 is 10.6 Å². The Labute approximate surface area is 105 Å². The zero-order chi connectivity index (χ0) is 11.9. The Hall–Kier alpha value is -0.570. The highest BCUT2D eigenvalue weighted by Crippen LogP contribution is 2.25. The number of rotatable bonds is 4. The van der Waals surface area contributed by atoms with Crippen molar-refractivity contribution in [3.8, 4) is 0 Å². The van der Waals surface area contributed by atoms with Crippen LogP contribution in [0.2, 0.25) is 0 Å². The van der Waals surface area contributed by atoms with Crippen molar-refractivity contribution in [1.82, 2.24) is 10.6 Å². The van der Waals surface area contributed by atoms with Crippen LogP contribution in [-0.4, -0.2) is 25.0 Å². The van der Waals surface area contributed by atoms with Gasteiger partial charge in [0.2, 0.25) is 5.91 Å². The van der Waals surface area contributed by atoms with Crippen LogP contribution >= 0.6 is 0 Å². The van der Waals surface area contributed by atoms with Crippen molar-refractivity contribution in [2.45, 2.75) is 63.8 Å². The summed E-state index contributed by atoms with van der Waals surface area (Å²) in [5, 5.41) is 6.51. The Kier molecular flexibility index (Phi) is 5.30. The molecule has 0 spiro atoms. The number of hydrogen-bond acceptors (Lipinski definition) is 2. The molecule has 2 N–H and O–H groups in total. The van der Waals surface area contributed by atoms with Crippen LogP contribution in [0, 0.1) is 5.92 Å². The zero-order valence-electron chi connectivity index (χ0n) is 10.8. The number of carbonyl (C=O) groups excluding carboxylic acids is 1. The summed E-state index contributed by atoms with van der Waals surface area (Å²) < 4.78 is 0. The first-order valence-corrected chi connectivity index (χ1v) is 7.34. The van der Waals surface area contributed by atoms with Crippen molar-refractivity contribution in [1.29, 1.82) is 0 Å². The predicted molar refractivity (Wildman–Crippen MR) is 69.8 cm³/mol. The van der Waals surface area contributed by atoms with Crippen LogP contribution in [0.5, 0.6) is 0 Å². The number of hydrogen-bond donors (Lipinski definition) is 2. The first-order chi connectivity index (χ1) is 8.34. The minimum absolute atomic E-state index is 0.220. The molecular weight excluding hydrogens is 212 g/mol. The van der Waals surface area contributed by atoms with Gasteiger partial charge in [-0.3, -0.25) is 4.79 Å². The van der Waals surface area contributed by atoms with Crippen molar-refractivity contribution in [2.75, 3.05) is 13.1 Å². The van der Waals surface area contributed by atoms with Gasteiger partial charge in [-0.1, -0.05) is 32.1 Å². The van der Waals surface area contributed by atoms with E-state index in [1.165, 1.54) is 38.5 Å². The van der Waals surface area contributed by atoms with Crippen LogP contribution in [0.25, 0.3) is 0 Å². The summed E-state index contributed by atoms with van der Waals surface area (Å²) in [5.74, 6) is 1.16. The van der Waals surface area contributed by atoms with Crippen molar-refractivity contribution < 1.29 is 4.79 Å². The van der Waals surface area contributed by atoms with Crippen molar-refractivity contribution in [2.24, 2.45) is 5.92 Å². The van der Waals surface area contributed by atoms with Gasteiger partial charge in [0.1, 0.15) is 0 Å². The van der Waals surface area contributed by atoms with E-state index < -0.39 is 0 Å². The predicted octanol–water partition coefficient (Wildman–Crippen LogP) is 2.22. The first-order valence-electron chi connectivity index (χ1n) is 7.34. The molecule has 0 aromatic heterocycles. The fourth-order valence-corrected chi connectivity index (χ4v) is 3.12. The van der Waals surface area contributed by atoms with Crippen LogP contribution in [0.4, 0.5) is 0 Å². The molecule has 1 heterocycles. The van der Waals surface area contributed by atoms with E-state index in [9.17, 15) is 4.79 Å². The largest absolute Gasteiger partial charge is 0.356 e. The summed E-state index contributed by atoms with van der Waals surface area (Å²) in [4.78, 5) is 11.4. The molecule has 98 valence electrons. The SMILES string of the molecule is O=C1CC(NCCC2CCCCC2)CCCN1. The molecular formula is C14H26N2O. The molecule has 0 aromatic carbocycles. The lowest BCUT2D eigenvalue weighted by atomic mass is 9.87. The second kappa shape index (κ2) is 7.00. The molecule has 0 aromatic rings. The summed E-state index contributed by atoms with van der Waals surface area (Å²) in [6.07, 6.45) is 11.4. The third-order valence-electron chi connectivity index (χ3n) is 4.19. The highest BCUT2D eigenvalue weighted by Gasteiger charge is 2.18. The van der Waals surface area contributed by atoms with Crippen LogP contribution < -0.4 is 10.6 Å². The van der Waals surface area contributed by atoms with E-state index in [0.29, 0.717) is 12.5 Å². The maximum absolute atomic E-state index is 11.4. The number of carbonyl (C=O) groups is 1. The van der Waals surface area contributed by atoms with Crippen LogP contribution in [-0.2, 0) is 4.79 Å². The second-order valence-electron chi connectivity index (χ2n) is 5.64. The average Bonchev–Trinajstić information content (AvgIpc) is 2.55. The van der Waals surface area contributed by atoms with Gasteiger partial charge in [-0.15, -0.1) is 0 Å². The van der Waals surface area contributed by atoms with Crippen molar-refractivity contribution >= 4 is 5.91 Å². The van der Waals surface area contributed by atoms with E-state index >= 15 is 0 Å². The van der Waals surface area contributed by atoms with Gasteiger partial charge in [-0.05, 0) is 31.7 Å². The third-order valence-corrected chi connectivity index (χ3v) is 4.19. The molecule has 1 aliphatic carbocycles. The Morgan fingerprint density at radius 1 is 1.12 bits per heavy atom. The fraction of sp³-hybridized carbons (Fsp3) is 0.929. The summed E-state index contributed by atoms with van der Waals surface area (Å²) in [7, 11) is 0. The average molecular weight is 238 g/mol. The van der Waals surface area contributed by atoms with Gasteiger partial charge in [0.15, 0.2) is 0 Å². The monoisotopic (exact) mass is 238 g/mol. The smallest absolute Gasteiger partial charge is 0.221 e. The minimum Gasteiger partial charge on any atom is -0.356 e. The molecule has 1 saturated heterocycles. The first kappa shape index (κ1) is 12.9. The van der Waals surface area contributed by atoms with E-state index in [2.05, 4.69) is 10.6 Å². The Bertz CT molecular complexity index is 236. The molecule has 2 fully saturated rings. The van der Waals surface area contributed by atoms with Gasteiger partial charge in [0.25, 0.3) is 0 Å². The maximum Gasteiger partial charge on any atom is 0.221 e. The summed E-state index contributed by atoms with van der Waals surface area (Å²) >= 11 is 0. The number of nitrogens with one attached hydrogen (secondary N) is 2. The lowest BCUT2D eigenvalue weighted by Crippen LogP contribution is -2.33. The van der Waals surface area contributed by atoms with Gasteiger partial charge >= 0.3 is 0 Å². The lowest BCUT2D eigenvalue weighted by Gasteiger charge is -2.23. The molecule has 2 rings (SSSR count). The van der Waals surface area contributed by atoms with E-state index in [1.54, 1.807) is 0 Å². The molecule has 3 nitrogen and oxygen atoms in total. The quantitative estimate of drug-likeness (QED) is 0.788. The standard InChI is InChI=1S/C14H26N2O/c17-14-11-13(7-4-9-16-14)15-10-8-12-5-2-1-3-6-12/h12-13,15H,1-11H2,(H,16,17). The van der Waals surface area contributed by atoms with Gasteiger partial charge in [-0.2, -0.15) is 0 Å². The Morgan fingerprint density at radius 3 is 2.76 bits per heavy atom. The van der Waals surface area contributed by atoms with E-state index in [4.69, 9.17) is 0 Å². The molecule has 1 atom stereocenters. The lowest BCUT2D eigenvalue weighted by molar-refractivity contribution is -0.121. The fourth-order valence-electron chi connectivity index (χ4n) is 3.12. The summed E-state index contributed by atoms with van der Waals surface area (Å²) in [6.45, 7) is 1.96. The molecule has 0 radical (unpaired) electrons. The van der Waals surface area contributed by atoms with Crippen LogP contribution in [0.1, 0.15) is 57.8 Å². The molecule has 2 aliphatic rings. The summed E-state index contributed by atoms with van der Waals surface area (Å²) in [6, 6.07) is 0.418. The Balaban J connectivity index is 1.61. The second-order valence-corrected chi connectivity index (χ2v) is 5.64. The number of amides is 1. The molecule has 17 heavy (non-hydrogen) atoms. The molecule has 1 aliphatic heterocycles. The van der Waals surface area contributed by atoms with E-state index in [0.717, 1.165) is 31.8 Å². The topological polar surface area (TPSA) is 41.1 Å². The minimum atomic E-state index is 0.220. The molecule has 3 heteroatoms. The van der Waals surface area contributed by atoms with Crippen LogP contribution in [0.15, 0.2) is 0 Å². The van der Waals surface area contributed by atoms with E-state index in [-0.39, 0.29) is 5.91 Å². The highest BCUT2D eigenvalue weighted by atomic mass is 16.1. The molecule has 1 unspecified atom stereocenters.